The molecule has 3 aliphatic carbocycles. The van der Waals surface area contributed by atoms with Crippen LogP contribution in [0.15, 0.2) is 48.5 Å². The molecule has 3 saturated carbocycles. The summed E-state index contributed by atoms with van der Waals surface area (Å²) in [6, 6.07) is 13.8. The summed E-state index contributed by atoms with van der Waals surface area (Å²) in [5, 5.41) is 3.66. The van der Waals surface area contributed by atoms with E-state index in [0.717, 1.165) is 19.3 Å². The summed E-state index contributed by atoms with van der Waals surface area (Å²) in [6.45, 7) is 0.354. The third-order valence-corrected chi connectivity index (χ3v) is 6.35. The van der Waals surface area contributed by atoms with Gasteiger partial charge in [0, 0.05) is 17.1 Å². The molecular formula is C22H19ClN2O4. The molecule has 0 aromatic heterocycles. The number of carbonyl (C=O) groups excluding carboxylic acids is 3. The van der Waals surface area contributed by atoms with Crippen molar-refractivity contribution in [1.29, 1.82) is 0 Å². The smallest absolute Gasteiger partial charge is 0.261 e. The Labute approximate surface area is 172 Å². The Bertz CT molecular complexity index is 979. The van der Waals surface area contributed by atoms with Gasteiger partial charge in [0.05, 0.1) is 11.1 Å². The highest BCUT2D eigenvalue weighted by atomic mass is 35.5. The summed E-state index contributed by atoms with van der Waals surface area (Å²) in [5.41, 5.74) is 0.662. The number of benzene rings is 2. The summed E-state index contributed by atoms with van der Waals surface area (Å²) < 4.78 is 5.48. The number of nitrogens with zero attached hydrogens (tertiary/aromatic N) is 1. The second-order valence-corrected chi connectivity index (χ2v) is 8.78. The summed E-state index contributed by atoms with van der Waals surface area (Å²) in [5.74, 6) is -0.0206. The summed E-state index contributed by atoms with van der Waals surface area (Å²) in [4.78, 5) is 38.7. The fourth-order valence-corrected chi connectivity index (χ4v) is 5.15. The van der Waals surface area contributed by atoms with Crippen LogP contribution in [0.3, 0.4) is 0 Å². The summed E-state index contributed by atoms with van der Waals surface area (Å²) in [6.07, 6.45) is 2.33. The Morgan fingerprint density at radius 1 is 1.00 bits per heavy atom. The van der Waals surface area contributed by atoms with Gasteiger partial charge in [-0.25, -0.2) is 0 Å². The van der Waals surface area contributed by atoms with Crippen molar-refractivity contribution in [2.24, 2.45) is 5.41 Å². The van der Waals surface area contributed by atoms with Crippen LogP contribution in [0.1, 0.15) is 40.0 Å². The largest absolute Gasteiger partial charge is 0.484 e. The zero-order valence-corrected chi connectivity index (χ0v) is 16.4. The van der Waals surface area contributed by atoms with E-state index in [-0.39, 0.29) is 35.3 Å². The van der Waals surface area contributed by atoms with E-state index in [1.807, 2.05) is 0 Å². The first-order chi connectivity index (χ1) is 13.9. The lowest BCUT2D eigenvalue weighted by Crippen LogP contribution is -2.77. The third kappa shape index (κ3) is 2.99. The van der Waals surface area contributed by atoms with Crippen molar-refractivity contribution in [3.8, 4) is 5.75 Å². The maximum atomic E-state index is 12.6. The maximum absolute atomic E-state index is 12.6. The molecular weight excluding hydrogens is 392 g/mol. The van der Waals surface area contributed by atoms with Crippen molar-refractivity contribution in [1.82, 2.24) is 10.2 Å². The van der Waals surface area contributed by atoms with Gasteiger partial charge in [-0.05, 0) is 61.1 Å². The molecule has 2 aromatic carbocycles. The van der Waals surface area contributed by atoms with E-state index in [4.69, 9.17) is 16.3 Å². The second kappa shape index (κ2) is 6.32. The maximum Gasteiger partial charge on any atom is 0.261 e. The number of ether oxygens (including phenoxy) is 1. The first-order valence-corrected chi connectivity index (χ1v) is 9.91. The Morgan fingerprint density at radius 3 is 2.17 bits per heavy atom. The number of halogens is 1. The quantitative estimate of drug-likeness (QED) is 0.742. The molecule has 0 unspecified atom stereocenters. The number of amides is 3. The van der Waals surface area contributed by atoms with Gasteiger partial charge in [-0.3, -0.25) is 19.3 Å². The zero-order valence-electron chi connectivity index (χ0n) is 15.6. The van der Waals surface area contributed by atoms with Crippen LogP contribution < -0.4 is 10.1 Å². The summed E-state index contributed by atoms with van der Waals surface area (Å²) >= 11 is 5.83. The van der Waals surface area contributed by atoms with Gasteiger partial charge < -0.3 is 10.1 Å². The van der Waals surface area contributed by atoms with Crippen molar-refractivity contribution in [2.75, 3.05) is 13.2 Å². The van der Waals surface area contributed by atoms with E-state index in [1.165, 1.54) is 4.90 Å². The van der Waals surface area contributed by atoms with E-state index in [0.29, 0.717) is 28.4 Å². The van der Waals surface area contributed by atoms with Gasteiger partial charge in [-0.15, -0.1) is 0 Å². The molecule has 2 aromatic rings. The van der Waals surface area contributed by atoms with Crippen molar-refractivity contribution in [3.63, 3.8) is 0 Å². The minimum Gasteiger partial charge on any atom is -0.484 e. The fourth-order valence-electron chi connectivity index (χ4n) is 5.03. The highest BCUT2D eigenvalue weighted by molar-refractivity contribution is 6.30. The highest BCUT2D eigenvalue weighted by Gasteiger charge is 2.69. The van der Waals surface area contributed by atoms with Gasteiger partial charge in [0.15, 0.2) is 6.61 Å². The van der Waals surface area contributed by atoms with Crippen LogP contribution in [-0.4, -0.2) is 41.3 Å². The number of rotatable bonds is 6. The Kier molecular flexibility index (Phi) is 3.96. The van der Waals surface area contributed by atoms with Crippen molar-refractivity contribution in [2.45, 2.75) is 24.8 Å². The lowest BCUT2D eigenvalue weighted by atomic mass is 9.39. The number of carbonyl (C=O) groups is 3. The molecule has 0 radical (unpaired) electrons. The molecule has 148 valence electrons. The molecule has 29 heavy (non-hydrogen) atoms. The minimum absolute atomic E-state index is 0.0607. The second-order valence-electron chi connectivity index (χ2n) is 8.34. The number of hydrogen-bond donors (Lipinski definition) is 1. The fraction of sp³-hybridized carbons (Fsp3) is 0.318. The van der Waals surface area contributed by atoms with Crippen molar-refractivity contribution < 1.29 is 19.1 Å². The van der Waals surface area contributed by atoms with Crippen LogP contribution in [-0.2, 0) is 4.79 Å². The van der Waals surface area contributed by atoms with Crippen LogP contribution >= 0.6 is 11.6 Å². The normalized spacial score (nSPS) is 26.4. The number of fused-ring (bicyclic) bond motifs is 1. The van der Waals surface area contributed by atoms with Gasteiger partial charge in [0.25, 0.3) is 17.7 Å². The Balaban J connectivity index is 1.13. The number of imide groups is 1. The zero-order chi connectivity index (χ0) is 20.2. The molecule has 3 amide bonds. The topological polar surface area (TPSA) is 75.7 Å². The first-order valence-electron chi connectivity index (χ1n) is 9.53. The molecule has 0 atom stereocenters. The average molecular weight is 411 g/mol. The van der Waals surface area contributed by atoms with Crippen molar-refractivity contribution >= 4 is 29.3 Å². The molecule has 1 N–H and O–H groups in total. The van der Waals surface area contributed by atoms with E-state index in [2.05, 4.69) is 5.32 Å². The number of hydrogen-bond acceptors (Lipinski definition) is 4. The Morgan fingerprint density at radius 2 is 1.59 bits per heavy atom. The highest BCUT2D eigenvalue weighted by Crippen LogP contribution is 2.67. The van der Waals surface area contributed by atoms with Gasteiger partial charge >= 0.3 is 0 Å². The van der Waals surface area contributed by atoms with Crippen LogP contribution in [0, 0.1) is 5.41 Å². The van der Waals surface area contributed by atoms with E-state index < -0.39 is 0 Å². The molecule has 1 aliphatic heterocycles. The van der Waals surface area contributed by atoms with Crippen LogP contribution in [0.5, 0.6) is 5.75 Å². The molecule has 7 heteroatoms. The molecule has 3 fully saturated rings. The minimum atomic E-state index is -0.223. The van der Waals surface area contributed by atoms with E-state index >= 15 is 0 Å². The standard InChI is InChI=1S/C22H19ClN2O4/c23-14-5-7-15(8-6-14)29-9-18(26)24-22-10-21(11-22,12-22)13-25-19(27)16-3-1-2-4-17(16)20(25)28/h1-8H,9-13H2,(H,24,26). The first kappa shape index (κ1) is 18.2. The SMILES string of the molecule is O=C(COc1ccc(Cl)cc1)NC12CC(CN3C(=O)c4ccccc4C3=O)(C1)C2. The van der Waals surface area contributed by atoms with Gasteiger partial charge in [0.2, 0.25) is 0 Å². The van der Waals surface area contributed by atoms with Crippen LogP contribution in [0.4, 0.5) is 0 Å². The van der Waals surface area contributed by atoms with Gasteiger partial charge in [0.1, 0.15) is 5.75 Å². The van der Waals surface area contributed by atoms with Crippen LogP contribution in [0.2, 0.25) is 5.02 Å². The van der Waals surface area contributed by atoms with Crippen molar-refractivity contribution in [3.05, 3.63) is 64.7 Å². The van der Waals surface area contributed by atoms with E-state index in [9.17, 15) is 14.4 Å². The molecule has 6 rings (SSSR count). The summed E-state index contributed by atoms with van der Waals surface area (Å²) in [7, 11) is 0. The predicted molar refractivity (Wildman–Crippen MR) is 106 cm³/mol. The third-order valence-electron chi connectivity index (χ3n) is 6.10. The van der Waals surface area contributed by atoms with Gasteiger partial charge in [-0.1, -0.05) is 23.7 Å². The molecule has 6 nitrogen and oxygen atoms in total. The predicted octanol–water partition coefficient (Wildman–Crippen LogP) is 3.05. The van der Waals surface area contributed by atoms with Gasteiger partial charge in [-0.2, -0.15) is 0 Å². The molecule has 0 saturated heterocycles. The lowest BCUT2D eigenvalue weighted by Gasteiger charge is -2.71. The number of nitrogens with one attached hydrogen (secondary N) is 1. The lowest BCUT2D eigenvalue weighted by molar-refractivity contribution is -0.169. The molecule has 1 heterocycles. The van der Waals surface area contributed by atoms with E-state index in [1.54, 1.807) is 48.5 Å². The van der Waals surface area contributed by atoms with Crippen LogP contribution in [0.25, 0.3) is 0 Å². The molecule has 2 bridgehead atoms. The monoisotopic (exact) mass is 410 g/mol. The average Bonchev–Trinajstić information content (AvgIpc) is 2.90. The molecule has 0 spiro atoms. The Hall–Kier alpha value is -2.86. The molecule has 4 aliphatic rings.